The maximum atomic E-state index is 10.1. The molecular weight excluding hydrogens is 150 g/mol. The Bertz CT molecular complexity index is 245. The molecule has 3 N–H and O–H groups in total. The number of aldehydes is 1. The molecule has 10 heavy (non-hydrogen) atoms. The van der Waals surface area contributed by atoms with Crippen molar-refractivity contribution in [2.45, 2.75) is 5.03 Å². The zero-order chi connectivity index (χ0) is 7.56. The number of H-pyrrole nitrogens is 1. The molecule has 0 aliphatic rings. The zero-order valence-corrected chi connectivity index (χ0v) is 6.23. The topological polar surface area (TPSA) is 71.8 Å². The highest BCUT2D eigenvalue weighted by Crippen LogP contribution is 2.18. The van der Waals surface area contributed by atoms with Crippen molar-refractivity contribution < 1.29 is 4.79 Å². The molecule has 0 fully saturated rings. The summed E-state index contributed by atoms with van der Waals surface area (Å²) in [5, 5.41) is 0.669. The third-order valence-electron chi connectivity index (χ3n) is 1.02. The van der Waals surface area contributed by atoms with Crippen LogP contribution < -0.4 is 5.73 Å². The van der Waals surface area contributed by atoms with Crippen molar-refractivity contribution in [3.8, 4) is 0 Å². The first-order chi connectivity index (χ1) is 4.77. The summed E-state index contributed by atoms with van der Waals surface area (Å²) in [6, 6.07) is 0. The van der Waals surface area contributed by atoms with Crippen LogP contribution in [0.3, 0.4) is 0 Å². The van der Waals surface area contributed by atoms with Gasteiger partial charge in [-0.05, 0) is 6.26 Å². The van der Waals surface area contributed by atoms with Crippen molar-refractivity contribution in [1.82, 2.24) is 9.97 Å². The van der Waals surface area contributed by atoms with E-state index in [1.54, 1.807) is 0 Å². The normalized spacial score (nSPS) is 9.70. The lowest BCUT2D eigenvalue weighted by Crippen LogP contribution is -1.85. The quantitative estimate of drug-likeness (QED) is 0.485. The standard InChI is InChI=1S/C5H7N3OS/c1-10-5-4(6)7-3(2-9)8-5/h2H,6H2,1H3,(H,7,8). The van der Waals surface area contributed by atoms with E-state index in [1.807, 2.05) is 6.26 Å². The predicted molar refractivity (Wildman–Crippen MR) is 40.2 cm³/mol. The maximum absolute atomic E-state index is 10.1. The van der Waals surface area contributed by atoms with E-state index in [-0.39, 0.29) is 5.82 Å². The Balaban J connectivity index is 3.03. The number of imidazole rings is 1. The summed E-state index contributed by atoms with van der Waals surface area (Å²) in [6.45, 7) is 0. The number of carbonyl (C=O) groups is 1. The number of nitrogens with zero attached hydrogens (tertiary/aromatic N) is 1. The average Bonchev–Trinajstić information content (AvgIpc) is 2.30. The number of nitrogens with one attached hydrogen (secondary N) is 1. The minimum absolute atomic E-state index is 0.279. The van der Waals surface area contributed by atoms with E-state index in [2.05, 4.69) is 9.97 Å². The molecule has 0 saturated carbocycles. The fourth-order valence-corrected chi connectivity index (χ4v) is 1.06. The molecule has 1 heterocycles. The molecule has 0 aliphatic heterocycles. The van der Waals surface area contributed by atoms with Crippen LogP contribution in [0.15, 0.2) is 5.03 Å². The molecule has 1 aromatic rings. The molecule has 0 aromatic carbocycles. The molecule has 54 valence electrons. The molecule has 0 atom stereocenters. The number of anilines is 1. The third-order valence-corrected chi connectivity index (χ3v) is 1.72. The van der Waals surface area contributed by atoms with Crippen molar-refractivity contribution in [2.75, 3.05) is 12.0 Å². The second-order valence-electron chi connectivity index (χ2n) is 1.66. The minimum Gasteiger partial charge on any atom is -0.383 e. The van der Waals surface area contributed by atoms with Gasteiger partial charge in [-0.1, -0.05) is 0 Å². The van der Waals surface area contributed by atoms with E-state index in [1.165, 1.54) is 11.8 Å². The van der Waals surface area contributed by atoms with Gasteiger partial charge < -0.3 is 10.7 Å². The monoisotopic (exact) mass is 157 g/mol. The molecule has 0 amide bonds. The van der Waals surface area contributed by atoms with Crippen molar-refractivity contribution in [1.29, 1.82) is 0 Å². The largest absolute Gasteiger partial charge is 0.383 e. The number of thioether (sulfide) groups is 1. The first-order valence-electron chi connectivity index (χ1n) is 2.62. The second-order valence-corrected chi connectivity index (χ2v) is 2.46. The SMILES string of the molecule is CSc1nc(C=O)[nH]c1N. The number of aromatic nitrogens is 2. The number of hydrogen-bond donors (Lipinski definition) is 2. The molecule has 0 saturated heterocycles. The molecule has 0 radical (unpaired) electrons. The highest BCUT2D eigenvalue weighted by molar-refractivity contribution is 7.98. The van der Waals surface area contributed by atoms with Gasteiger partial charge in [0.15, 0.2) is 12.1 Å². The second kappa shape index (κ2) is 2.74. The summed E-state index contributed by atoms with van der Waals surface area (Å²) in [7, 11) is 0. The maximum Gasteiger partial charge on any atom is 0.185 e. The van der Waals surface area contributed by atoms with Crippen LogP contribution in [0.2, 0.25) is 0 Å². The van der Waals surface area contributed by atoms with Crippen LogP contribution in [0.1, 0.15) is 10.6 Å². The van der Waals surface area contributed by atoms with Crippen LogP contribution in [-0.4, -0.2) is 22.5 Å². The van der Waals surface area contributed by atoms with E-state index in [0.29, 0.717) is 17.1 Å². The van der Waals surface area contributed by atoms with Gasteiger partial charge in [-0.2, -0.15) is 0 Å². The Labute approximate surface area is 62.2 Å². The molecular formula is C5H7N3OS. The molecule has 0 bridgehead atoms. The molecule has 4 nitrogen and oxygen atoms in total. The van der Waals surface area contributed by atoms with Gasteiger partial charge in [0.25, 0.3) is 0 Å². The van der Waals surface area contributed by atoms with Crippen LogP contribution in [-0.2, 0) is 0 Å². The Kier molecular flexibility index (Phi) is 1.96. The van der Waals surface area contributed by atoms with Gasteiger partial charge in [-0.3, -0.25) is 4.79 Å². The number of hydrogen-bond acceptors (Lipinski definition) is 4. The van der Waals surface area contributed by atoms with Crippen molar-refractivity contribution in [3.05, 3.63) is 5.82 Å². The van der Waals surface area contributed by atoms with Gasteiger partial charge >= 0.3 is 0 Å². The van der Waals surface area contributed by atoms with Gasteiger partial charge in [0.1, 0.15) is 10.8 Å². The lowest BCUT2D eigenvalue weighted by molar-refractivity contribution is 0.111. The van der Waals surface area contributed by atoms with Crippen LogP contribution in [0, 0.1) is 0 Å². The van der Waals surface area contributed by atoms with Gasteiger partial charge in [0.2, 0.25) is 0 Å². The lowest BCUT2D eigenvalue weighted by Gasteiger charge is -1.85. The van der Waals surface area contributed by atoms with E-state index >= 15 is 0 Å². The van der Waals surface area contributed by atoms with E-state index in [4.69, 9.17) is 5.73 Å². The number of nitrogens with two attached hydrogens (primary N) is 1. The number of carbonyl (C=O) groups excluding carboxylic acids is 1. The third kappa shape index (κ3) is 1.13. The smallest absolute Gasteiger partial charge is 0.185 e. The number of nitrogen functional groups attached to an aromatic ring is 1. The molecule has 5 heteroatoms. The van der Waals surface area contributed by atoms with Gasteiger partial charge in [0.05, 0.1) is 0 Å². The van der Waals surface area contributed by atoms with Gasteiger partial charge in [-0.15, -0.1) is 11.8 Å². The Morgan fingerprint density at radius 1 is 1.80 bits per heavy atom. The molecule has 1 aromatic heterocycles. The van der Waals surface area contributed by atoms with Crippen LogP contribution in [0.25, 0.3) is 0 Å². The molecule has 0 unspecified atom stereocenters. The average molecular weight is 157 g/mol. The summed E-state index contributed by atoms with van der Waals surface area (Å²) in [5.41, 5.74) is 5.43. The van der Waals surface area contributed by atoms with Gasteiger partial charge in [0, 0.05) is 0 Å². The first-order valence-corrected chi connectivity index (χ1v) is 3.85. The molecule has 1 rings (SSSR count). The van der Waals surface area contributed by atoms with Crippen molar-refractivity contribution in [3.63, 3.8) is 0 Å². The Hall–Kier alpha value is -0.970. The van der Waals surface area contributed by atoms with Crippen LogP contribution >= 0.6 is 11.8 Å². The zero-order valence-electron chi connectivity index (χ0n) is 5.42. The molecule has 0 aliphatic carbocycles. The van der Waals surface area contributed by atoms with Crippen LogP contribution in [0.5, 0.6) is 0 Å². The van der Waals surface area contributed by atoms with Gasteiger partial charge in [-0.25, -0.2) is 4.98 Å². The Morgan fingerprint density at radius 2 is 2.50 bits per heavy atom. The summed E-state index contributed by atoms with van der Waals surface area (Å²) in [6.07, 6.45) is 2.48. The minimum atomic E-state index is 0.279. The predicted octanol–water partition coefficient (Wildman–Crippen LogP) is 0.526. The first kappa shape index (κ1) is 7.14. The molecule has 0 spiro atoms. The number of rotatable bonds is 2. The fraction of sp³-hybridized carbons (Fsp3) is 0.200. The van der Waals surface area contributed by atoms with E-state index < -0.39 is 0 Å². The number of aromatic amines is 1. The van der Waals surface area contributed by atoms with Crippen molar-refractivity contribution in [2.24, 2.45) is 0 Å². The highest BCUT2D eigenvalue weighted by Gasteiger charge is 2.03. The fourth-order valence-electron chi connectivity index (χ4n) is 0.600. The Morgan fingerprint density at radius 3 is 2.80 bits per heavy atom. The summed E-state index contributed by atoms with van der Waals surface area (Å²) < 4.78 is 0. The van der Waals surface area contributed by atoms with E-state index in [9.17, 15) is 4.79 Å². The van der Waals surface area contributed by atoms with E-state index in [0.717, 1.165) is 0 Å². The van der Waals surface area contributed by atoms with Crippen LogP contribution in [0.4, 0.5) is 5.82 Å². The lowest BCUT2D eigenvalue weighted by atomic mass is 10.7. The summed E-state index contributed by atoms with van der Waals surface area (Å²) in [5.74, 6) is 0.733. The summed E-state index contributed by atoms with van der Waals surface area (Å²) in [4.78, 5) is 16.6. The summed E-state index contributed by atoms with van der Waals surface area (Å²) >= 11 is 1.41. The highest BCUT2D eigenvalue weighted by atomic mass is 32.2. The van der Waals surface area contributed by atoms with Crippen molar-refractivity contribution >= 4 is 23.9 Å².